The van der Waals surface area contributed by atoms with Crippen LogP contribution in [0.15, 0.2) is 0 Å². The van der Waals surface area contributed by atoms with E-state index in [1.165, 1.54) is 0 Å². The molecular formula is C14H23NO4. The molecule has 0 aromatic rings. The monoisotopic (exact) mass is 269 g/mol. The Balaban J connectivity index is 1.89. The van der Waals surface area contributed by atoms with Gasteiger partial charge in [0.1, 0.15) is 11.9 Å². The van der Waals surface area contributed by atoms with E-state index in [-0.39, 0.29) is 17.6 Å². The molecule has 1 heterocycles. The molecule has 1 amide bonds. The number of amides is 1. The van der Waals surface area contributed by atoms with Crippen LogP contribution >= 0.6 is 0 Å². The molecule has 2 atom stereocenters. The van der Waals surface area contributed by atoms with Gasteiger partial charge in [-0.1, -0.05) is 0 Å². The zero-order valence-corrected chi connectivity index (χ0v) is 11.9. The van der Waals surface area contributed by atoms with Crippen LogP contribution in [0.4, 0.5) is 4.79 Å². The van der Waals surface area contributed by atoms with E-state index in [0.29, 0.717) is 13.0 Å². The predicted molar refractivity (Wildman–Crippen MR) is 69.9 cm³/mol. The summed E-state index contributed by atoms with van der Waals surface area (Å²) in [5.41, 5.74) is -0.636. The van der Waals surface area contributed by atoms with E-state index in [1.807, 2.05) is 20.8 Å². The summed E-state index contributed by atoms with van der Waals surface area (Å²) in [5.74, 6) is -0.179. The molecule has 1 spiro atoms. The second kappa shape index (κ2) is 5.12. The van der Waals surface area contributed by atoms with E-state index in [1.54, 1.807) is 0 Å². The van der Waals surface area contributed by atoms with Crippen molar-refractivity contribution in [3.63, 3.8) is 0 Å². The van der Waals surface area contributed by atoms with Crippen LogP contribution in [-0.2, 0) is 14.3 Å². The van der Waals surface area contributed by atoms with Gasteiger partial charge in [-0.2, -0.15) is 0 Å². The maximum Gasteiger partial charge on any atom is 0.407 e. The zero-order valence-electron chi connectivity index (χ0n) is 11.9. The number of rotatable bonds is 2. The number of alkyl carbamates (subject to hydrolysis) is 1. The smallest absolute Gasteiger partial charge is 0.407 e. The van der Waals surface area contributed by atoms with Crippen LogP contribution in [0.25, 0.3) is 0 Å². The summed E-state index contributed by atoms with van der Waals surface area (Å²) in [6, 6.07) is -0.279. The van der Waals surface area contributed by atoms with Gasteiger partial charge in [0.25, 0.3) is 0 Å². The van der Waals surface area contributed by atoms with E-state index < -0.39 is 11.7 Å². The van der Waals surface area contributed by atoms with Gasteiger partial charge in [0.15, 0.2) is 0 Å². The third-order valence-electron chi connectivity index (χ3n) is 3.84. The summed E-state index contributed by atoms with van der Waals surface area (Å²) in [4.78, 5) is 22.9. The van der Waals surface area contributed by atoms with Gasteiger partial charge in [0.2, 0.25) is 0 Å². The summed E-state index contributed by atoms with van der Waals surface area (Å²) in [7, 11) is 0. The summed E-state index contributed by atoms with van der Waals surface area (Å²) < 4.78 is 11.1. The van der Waals surface area contributed by atoms with Crippen molar-refractivity contribution in [2.75, 3.05) is 6.61 Å². The van der Waals surface area contributed by atoms with Crippen molar-refractivity contribution in [1.29, 1.82) is 0 Å². The predicted octanol–water partition coefficient (Wildman–Crippen LogP) is 2.04. The van der Waals surface area contributed by atoms with Crippen LogP contribution < -0.4 is 5.32 Å². The highest BCUT2D eigenvalue weighted by Gasteiger charge is 2.46. The Morgan fingerprint density at radius 2 is 2.11 bits per heavy atom. The van der Waals surface area contributed by atoms with E-state index >= 15 is 0 Å². The molecule has 2 unspecified atom stereocenters. The fraction of sp³-hybridized carbons (Fsp3) is 0.857. The quantitative estimate of drug-likeness (QED) is 0.779. The number of nitrogens with one attached hydrogen (secondary N) is 1. The fourth-order valence-corrected chi connectivity index (χ4v) is 2.69. The Hall–Kier alpha value is -1.10. The van der Waals surface area contributed by atoms with Crippen molar-refractivity contribution in [3.05, 3.63) is 0 Å². The Morgan fingerprint density at radius 1 is 1.42 bits per heavy atom. The third kappa shape index (κ3) is 3.47. The molecule has 0 bridgehead atoms. The number of ether oxygens (including phenoxy) is 2. The summed E-state index contributed by atoms with van der Waals surface area (Å²) in [5, 5.41) is 2.74. The molecule has 2 rings (SSSR count). The van der Waals surface area contributed by atoms with Gasteiger partial charge in [-0.3, -0.25) is 0 Å². The van der Waals surface area contributed by atoms with Crippen molar-refractivity contribution < 1.29 is 19.1 Å². The third-order valence-corrected chi connectivity index (χ3v) is 3.84. The lowest BCUT2D eigenvalue weighted by molar-refractivity contribution is -0.157. The van der Waals surface area contributed by atoms with Crippen LogP contribution in [0, 0.1) is 5.92 Å². The van der Waals surface area contributed by atoms with Gasteiger partial charge in [-0.15, -0.1) is 0 Å². The average Bonchev–Trinajstić information content (AvgIpc) is 2.25. The minimum atomic E-state index is -0.536. The highest BCUT2D eigenvalue weighted by atomic mass is 16.6. The molecule has 1 N–H and O–H groups in total. The first kappa shape index (κ1) is 14.3. The average molecular weight is 269 g/mol. The number of carbonyl (C=O) groups is 2. The van der Waals surface area contributed by atoms with Crippen molar-refractivity contribution in [3.8, 4) is 0 Å². The maximum absolute atomic E-state index is 11.7. The zero-order chi connectivity index (χ0) is 14.1. The Morgan fingerprint density at radius 3 is 2.58 bits per heavy atom. The fourth-order valence-electron chi connectivity index (χ4n) is 2.69. The van der Waals surface area contributed by atoms with Gasteiger partial charge in [0.05, 0.1) is 18.2 Å². The minimum absolute atomic E-state index is 0.0995. The van der Waals surface area contributed by atoms with Crippen LogP contribution in [0.1, 0.15) is 46.5 Å². The van der Waals surface area contributed by atoms with E-state index in [0.717, 1.165) is 25.5 Å². The van der Waals surface area contributed by atoms with Gasteiger partial charge in [0, 0.05) is 5.92 Å². The molecular weight excluding hydrogens is 246 g/mol. The van der Waals surface area contributed by atoms with E-state index in [2.05, 4.69) is 5.32 Å². The van der Waals surface area contributed by atoms with Crippen molar-refractivity contribution >= 4 is 12.4 Å². The summed E-state index contributed by atoms with van der Waals surface area (Å²) in [6.07, 6.45) is 4.36. The highest BCUT2D eigenvalue weighted by molar-refractivity contribution is 5.69. The van der Waals surface area contributed by atoms with Gasteiger partial charge in [-0.05, 0) is 46.5 Å². The van der Waals surface area contributed by atoms with Crippen molar-refractivity contribution in [2.24, 2.45) is 5.92 Å². The molecule has 0 aromatic heterocycles. The first-order valence-corrected chi connectivity index (χ1v) is 6.92. The molecule has 1 aliphatic heterocycles. The molecule has 2 aliphatic rings. The van der Waals surface area contributed by atoms with Gasteiger partial charge < -0.3 is 19.6 Å². The normalized spacial score (nSPS) is 29.4. The standard InChI is InChI=1S/C14H23NO4/c1-13(2,3)19-12(17)15-11-9-18-14(5-4-6-14)7-10(11)8-16/h8,10-11H,4-7,9H2,1-3H3,(H,15,17). The molecule has 5 nitrogen and oxygen atoms in total. The lowest BCUT2D eigenvalue weighted by atomic mass is 9.71. The van der Waals surface area contributed by atoms with Crippen LogP contribution in [0.2, 0.25) is 0 Å². The number of hydrogen-bond acceptors (Lipinski definition) is 4. The second-order valence-electron chi connectivity index (χ2n) is 6.60. The molecule has 1 saturated carbocycles. The van der Waals surface area contributed by atoms with Crippen molar-refractivity contribution in [1.82, 2.24) is 5.32 Å². The molecule has 2 fully saturated rings. The van der Waals surface area contributed by atoms with E-state index in [4.69, 9.17) is 9.47 Å². The first-order chi connectivity index (χ1) is 8.84. The van der Waals surface area contributed by atoms with Crippen LogP contribution in [0.5, 0.6) is 0 Å². The Labute approximate surface area is 114 Å². The van der Waals surface area contributed by atoms with Crippen LogP contribution in [0.3, 0.4) is 0 Å². The largest absolute Gasteiger partial charge is 0.444 e. The topological polar surface area (TPSA) is 64.6 Å². The molecule has 108 valence electrons. The molecule has 1 saturated heterocycles. The minimum Gasteiger partial charge on any atom is -0.444 e. The van der Waals surface area contributed by atoms with Gasteiger partial charge in [-0.25, -0.2) is 4.79 Å². The number of aldehydes is 1. The maximum atomic E-state index is 11.7. The SMILES string of the molecule is CC(C)(C)OC(=O)NC1COC2(CCC2)CC1C=O. The lowest BCUT2D eigenvalue weighted by Gasteiger charge is -2.48. The number of hydrogen-bond donors (Lipinski definition) is 1. The molecule has 0 radical (unpaired) electrons. The van der Waals surface area contributed by atoms with Crippen molar-refractivity contribution in [2.45, 2.75) is 63.7 Å². The van der Waals surface area contributed by atoms with Crippen LogP contribution in [-0.4, -0.2) is 36.2 Å². The molecule has 0 aromatic carbocycles. The Bertz CT molecular complexity index is 357. The molecule has 5 heteroatoms. The van der Waals surface area contributed by atoms with E-state index in [9.17, 15) is 9.59 Å². The van der Waals surface area contributed by atoms with Gasteiger partial charge >= 0.3 is 6.09 Å². The second-order valence-corrected chi connectivity index (χ2v) is 6.60. The highest BCUT2D eigenvalue weighted by Crippen LogP contribution is 2.43. The molecule has 1 aliphatic carbocycles. The number of carbonyl (C=O) groups excluding carboxylic acids is 2. The lowest BCUT2D eigenvalue weighted by Crippen LogP contribution is -2.56. The summed E-state index contributed by atoms with van der Waals surface area (Å²) >= 11 is 0. The molecule has 19 heavy (non-hydrogen) atoms. The first-order valence-electron chi connectivity index (χ1n) is 6.92. The Kier molecular flexibility index (Phi) is 3.85. The summed E-state index contributed by atoms with van der Waals surface area (Å²) in [6.45, 7) is 5.82.